The topological polar surface area (TPSA) is 36.9 Å². The Morgan fingerprint density at radius 3 is 2.52 bits per heavy atom. The Morgan fingerprint density at radius 1 is 1.00 bits per heavy atom. The smallest absolute Gasteiger partial charge is 0.194 e. The van der Waals surface area contributed by atoms with Crippen LogP contribution in [0.3, 0.4) is 0 Å². The lowest BCUT2D eigenvalue weighted by Crippen LogP contribution is -2.46. The van der Waals surface area contributed by atoms with Crippen molar-refractivity contribution in [3.8, 4) is 11.1 Å². The van der Waals surface area contributed by atoms with Crippen LogP contribution in [0.4, 0.5) is 0 Å². The van der Waals surface area contributed by atoms with Gasteiger partial charge < -0.3 is 15.0 Å². The highest BCUT2D eigenvalue weighted by atomic mass is 16.5. The van der Waals surface area contributed by atoms with Crippen LogP contribution in [-0.2, 0) is 4.74 Å². The first-order chi connectivity index (χ1) is 11.4. The van der Waals surface area contributed by atoms with Crippen LogP contribution in [0.1, 0.15) is 11.7 Å². The van der Waals surface area contributed by atoms with Crippen LogP contribution in [0.5, 0.6) is 0 Å². The first-order valence-corrected chi connectivity index (χ1v) is 8.20. The molecule has 0 bridgehead atoms. The lowest BCUT2D eigenvalue weighted by molar-refractivity contribution is -0.00768. The van der Waals surface area contributed by atoms with Crippen molar-refractivity contribution in [2.24, 2.45) is 4.99 Å². The number of nitrogens with zero attached hydrogens (tertiary/aromatic N) is 2. The summed E-state index contributed by atoms with van der Waals surface area (Å²) in [5.41, 5.74) is 3.71. The molecular weight excluding hydrogens is 286 g/mol. The van der Waals surface area contributed by atoms with Gasteiger partial charge in [-0.05, 0) is 16.7 Å². The number of hydrogen-bond acceptors (Lipinski definition) is 4. The van der Waals surface area contributed by atoms with Crippen molar-refractivity contribution in [3.63, 3.8) is 0 Å². The van der Waals surface area contributed by atoms with Gasteiger partial charge in [0.1, 0.15) is 6.10 Å². The highest BCUT2D eigenvalue weighted by Crippen LogP contribution is 2.26. The van der Waals surface area contributed by atoms with Crippen LogP contribution in [0.25, 0.3) is 11.1 Å². The van der Waals surface area contributed by atoms with Crippen molar-refractivity contribution in [1.29, 1.82) is 0 Å². The summed E-state index contributed by atoms with van der Waals surface area (Å²) in [6.07, 6.45) is 0.110. The molecule has 0 amide bonds. The van der Waals surface area contributed by atoms with Crippen LogP contribution >= 0.6 is 0 Å². The molecule has 2 heterocycles. The van der Waals surface area contributed by atoms with Gasteiger partial charge in [-0.3, -0.25) is 4.99 Å². The van der Waals surface area contributed by atoms with E-state index in [2.05, 4.69) is 63.7 Å². The monoisotopic (exact) mass is 307 g/mol. The van der Waals surface area contributed by atoms with Gasteiger partial charge in [0, 0.05) is 13.1 Å². The van der Waals surface area contributed by atoms with Crippen molar-refractivity contribution in [3.05, 3.63) is 60.2 Å². The Kier molecular flexibility index (Phi) is 3.99. The van der Waals surface area contributed by atoms with E-state index in [1.54, 1.807) is 0 Å². The normalized spacial score (nSPS) is 21.0. The lowest BCUT2D eigenvalue weighted by atomic mass is 10.0. The summed E-state index contributed by atoms with van der Waals surface area (Å²) >= 11 is 0. The molecule has 23 heavy (non-hydrogen) atoms. The summed E-state index contributed by atoms with van der Waals surface area (Å²) < 4.78 is 5.97. The van der Waals surface area contributed by atoms with Gasteiger partial charge in [0.15, 0.2) is 5.96 Å². The summed E-state index contributed by atoms with van der Waals surface area (Å²) in [4.78, 5) is 6.82. The molecule has 0 radical (unpaired) electrons. The van der Waals surface area contributed by atoms with Crippen LogP contribution in [-0.4, -0.2) is 43.6 Å². The Hall–Kier alpha value is -2.33. The molecule has 0 spiro atoms. The summed E-state index contributed by atoms with van der Waals surface area (Å²) in [6, 6.07) is 19.2. The van der Waals surface area contributed by atoms with Gasteiger partial charge in [0.05, 0.1) is 19.7 Å². The second kappa shape index (κ2) is 6.42. The third-order valence-corrected chi connectivity index (χ3v) is 4.41. The molecule has 2 aliphatic heterocycles. The van der Waals surface area contributed by atoms with E-state index in [4.69, 9.17) is 4.74 Å². The van der Waals surface area contributed by atoms with Crippen LogP contribution in [0.2, 0.25) is 0 Å². The molecule has 118 valence electrons. The van der Waals surface area contributed by atoms with Gasteiger partial charge in [0.2, 0.25) is 0 Å². The van der Waals surface area contributed by atoms with Crippen molar-refractivity contribution in [2.75, 3.05) is 32.8 Å². The predicted molar refractivity (Wildman–Crippen MR) is 92.4 cm³/mol. The maximum Gasteiger partial charge on any atom is 0.194 e. The van der Waals surface area contributed by atoms with E-state index in [1.807, 2.05) is 6.07 Å². The average Bonchev–Trinajstić information content (AvgIpc) is 3.18. The highest BCUT2D eigenvalue weighted by Gasteiger charge is 2.25. The van der Waals surface area contributed by atoms with Crippen molar-refractivity contribution >= 4 is 5.96 Å². The molecule has 1 atom stereocenters. The molecule has 2 aromatic carbocycles. The standard InChI is InChI=1S/C19H21N3O/c1-2-4-15(5-3-1)16-6-8-17(9-7-16)18-14-22(12-13-23-18)19-20-10-11-21-19/h1-9,18H,10-14H2,(H,20,21). The first-order valence-electron chi connectivity index (χ1n) is 8.20. The SMILES string of the molecule is c1ccc(-c2ccc(C3CN(C4=NCCN4)CCO3)cc2)cc1. The number of morpholine rings is 1. The fourth-order valence-electron chi connectivity index (χ4n) is 3.16. The number of benzene rings is 2. The van der Waals surface area contributed by atoms with Gasteiger partial charge in [-0.2, -0.15) is 0 Å². The minimum Gasteiger partial charge on any atom is -0.370 e. The molecule has 1 unspecified atom stereocenters. The van der Waals surface area contributed by atoms with Gasteiger partial charge in [-0.25, -0.2) is 0 Å². The molecule has 0 aliphatic carbocycles. The summed E-state index contributed by atoms with van der Waals surface area (Å²) in [7, 11) is 0. The zero-order valence-corrected chi connectivity index (χ0v) is 13.1. The fraction of sp³-hybridized carbons (Fsp3) is 0.316. The predicted octanol–water partition coefficient (Wildman–Crippen LogP) is 2.69. The molecule has 0 saturated carbocycles. The Labute approximate surface area is 136 Å². The number of ether oxygens (including phenoxy) is 1. The van der Waals surface area contributed by atoms with E-state index in [0.29, 0.717) is 0 Å². The highest BCUT2D eigenvalue weighted by molar-refractivity contribution is 5.81. The molecule has 2 aromatic rings. The number of hydrogen-bond donors (Lipinski definition) is 1. The molecule has 0 aromatic heterocycles. The summed E-state index contributed by atoms with van der Waals surface area (Å²) in [5, 5.41) is 3.35. The molecule has 2 aliphatic rings. The van der Waals surface area contributed by atoms with E-state index in [1.165, 1.54) is 16.7 Å². The van der Waals surface area contributed by atoms with E-state index in [9.17, 15) is 0 Å². The molecule has 4 heteroatoms. The third-order valence-electron chi connectivity index (χ3n) is 4.41. The van der Waals surface area contributed by atoms with Crippen LogP contribution in [0, 0.1) is 0 Å². The molecular formula is C19H21N3O. The van der Waals surface area contributed by atoms with Crippen molar-refractivity contribution in [2.45, 2.75) is 6.10 Å². The molecule has 1 saturated heterocycles. The second-order valence-corrected chi connectivity index (χ2v) is 5.93. The quantitative estimate of drug-likeness (QED) is 0.927. The number of guanidine groups is 1. The van der Waals surface area contributed by atoms with Crippen molar-refractivity contribution in [1.82, 2.24) is 10.2 Å². The number of rotatable bonds is 2. The molecule has 4 nitrogen and oxygen atoms in total. The van der Waals surface area contributed by atoms with Gasteiger partial charge in [0.25, 0.3) is 0 Å². The molecule has 1 N–H and O–H groups in total. The zero-order chi connectivity index (χ0) is 15.5. The van der Waals surface area contributed by atoms with E-state index < -0.39 is 0 Å². The summed E-state index contributed by atoms with van der Waals surface area (Å²) in [5.74, 6) is 1.03. The molecule has 4 rings (SSSR count). The number of aliphatic imine (C=N–C) groups is 1. The largest absolute Gasteiger partial charge is 0.370 e. The van der Waals surface area contributed by atoms with Crippen molar-refractivity contribution < 1.29 is 4.74 Å². The van der Waals surface area contributed by atoms with Gasteiger partial charge >= 0.3 is 0 Å². The average molecular weight is 307 g/mol. The maximum atomic E-state index is 5.97. The Bertz CT molecular complexity index is 682. The van der Waals surface area contributed by atoms with E-state index in [0.717, 1.165) is 38.7 Å². The van der Waals surface area contributed by atoms with E-state index in [-0.39, 0.29) is 6.10 Å². The molecule has 1 fully saturated rings. The second-order valence-electron chi connectivity index (χ2n) is 5.93. The Balaban J connectivity index is 1.49. The van der Waals surface area contributed by atoms with Gasteiger partial charge in [-0.1, -0.05) is 54.6 Å². The first kappa shape index (κ1) is 14.3. The third kappa shape index (κ3) is 3.08. The van der Waals surface area contributed by atoms with Crippen LogP contribution in [0.15, 0.2) is 59.6 Å². The lowest BCUT2D eigenvalue weighted by Gasteiger charge is -2.34. The maximum absolute atomic E-state index is 5.97. The minimum absolute atomic E-state index is 0.110. The summed E-state index contributed by atoms with van der Waals surface area (Å²) in [6.45, 7) is 4.33. The minimum atomic E-state index is 0.110. The van der Waals surface area contributed by atoms with Crippen LogP contribution < -0.4 is 5.32 Å². The Morgan fingerprint density at radius 2 is 1.78 bits per heavy atom. The van der Waals surface area contributed by atoms with E-state index >= 15 is 0 Å². The fourth-order valence-corrected chi connectivity index (χ4v) is 3.16. The zero-order valence-electron chi connectivity index (χ0n) is 13.1. The van der Waals surface area contributed by atoms with Gasteiger partial charge in [-0.15, -0.1) is 0 Å². The number of nitrogens with one attached hydrogen (secondary N) is 1.